The molecule has 41 heavy (non-hydrogen) atoms. The fourth-order valence-corrected chi connectivity index (χ4v) is 5.24. The van der Waals surface area contributed by atoms with E-state index in [4.69, 9.17) is 9.05 Å². The first kappa shape index (κ1) is 40.2. The number of hydrogen-bond donors (Lipinski definition) is 3. The average molecular weight is 606 g/mol. The summed E-state index contributed by atoms with van der Waals surface area (Å²) in [6.45, 7) is 4.68. The number of amides is 1. The Bertz CT molecular complexity index is 698. The average Bonchev–Trinajstić information content (AvgIpc) is 2.90. The lowest BCUT2D eigenvalue weighted by molar-refractivity contribution is -0.870. The minimum Gasteiger partial charge on any atom is -0.387 e. The monoisotopic (exact) mass is 605 g/mol. The maximum absolute atomic E-state index is 12.6. The van der Waals surface area contributed by atoms with Crippen LogP contribution in [-0.2, 0) is 18.4 Å². The predicted molar refractivity (Wildman–Crippen MR) is 171 cm³/mol. The van der Waals surface area contributed by atoms with E-state index in [0.29, 0.717) is 17.4 Å². The van der Waals surface area contributed by atoms with Crippen molar-refractivity contribution in [2.24, 2.45) is 0 Å². The largest absolute Gasteiger partial charge is 0.472 e. The Morgan fingerprint density at radius 3 is 1.80 bits per heavy atom. The summed E-state index contributed by atoms with van der Waals surface area (Å²) in [4.78, 5) is 22.7. The van der Waals surface area contributed by atoms with E-state index < -0.39 is 20.0 Å². The van der Waals surface area contributed by atoms with Gasteiger partial charge in [-0.2, -0.15) is 0 Å². The van der Waals surface area contributed by atoms with Gasteiger partial charge in [-0.05, 0) is 19.3 Å². The van der Waals surface area contributed by atoms with Crippen molar-refractivity contribution in [2.45, 2.75) is 148 Å². The van der Waals surface area contributed by atoms with E-state index in [1.165, 1.54) is 70.6 Å². The van der Waals surface area contributed by atoms with Crippen LogP contribution in [0.25, 0.3) is 0 Å². The third-order valence-corrected chi connectivity index (χ3v) is 8.24. The first-order chi connectivity index (χ1) is 19.5. The molecule has 3 atom stereocenters. The first-order valence-corrected chi connectivity index (χ1v) is 18.1. The molecule has 8 nitrogen and oxygen atoms in total. The van der Waals surface area contributed by atoms with E-state index in [0.717, 1.165) is 44.9 Å². The summed E-state index contributed by atoms with van der Waals surface area (Å²) in [5.41, 5.74) is 0. The molecule has 244 valence electrons. The van der Waals surface area contributed by atoms with Crippen LogP contribution < -0.4 is 5.32 Å². The lowest BCUT2D eigenvalue weighted by atomic mass is 10.0. The van der Waals surface area contributed by atoms with Crippen molar-refractivity contribution < 1.29 is 32.9 Å². The number of quaternary nitrogens is 1. The molecule has 0 aromatic carbocycles. The summed E-state index contributed by atoms with van der Waals surface area (Å²) in [5.74, 6) is -0.185. The van der Waals surface area contributed by atoms with Crippen molar-refractivity contribution in [2.75, 3.05) is 40.9 Å². The summed E-state index contributed by atoms with van der Waals surface area (Å²) >= 11 is 0. The number of phosphoric ester groups is 1. The van der Waals surface area contributed by atoms with Crippen LogP contribution in [0.15, 0.2) is 12.2 Å². The lowest BCUT2D eigenvalue weighted by Gasteiger charge is -2.25. The Hall–Kier alpha value is -0.760. The molecule has 0 saturated carbocycles. The van der Waals surface area contributed by atoms with Crippen LogP contribution in [0.2, 0.25) is 0 Å². The van der Waals surface area contributed by atoms with E-state index in [-0.39, 0.29) is 19.1 Å². The summed E-state index contributed by atoms with van der Waals surface area (Å²) in [7, 11) is 1.57. The van der Waals surface area contributed by atoms with Crippen molar-refractivity contribution in [1.29, 1.82) is 0 Å². The molecule has 0 aliphatic carbocycles. The second kappa shape index (κ2) is 25.7. The number of allylic oxidation sites excluding steroid dienone is 1. The molecule has 0 aliphatic rings. The van der Waals surface area contributed by atoms with Gasteiger partial charge in [0.25, 0.3) is 0 Å². The number of nitrogens with one attached hydrogen (secondary N) is 1. The van der Waals surface area contributed by atoms with Crippen LogP contribution in [0.5, 0.6) is 0 Å². The zero-order valence-corrected chi connectivity index (χ0v) is 28.2. The van der Waals surface area contributed by atoms with Crippen LogP contribution in [0.4, 0.5) is 0 Å². The molecule has 9 heteroatoms. The second-order valence-electron chi connectivity index (χ2n) is 12.5. The lowest BCUT2D eigenvalue weighted by Crippen LogP contribution is -2.45. The van der Waals surface area contributed by atoms with Gasteiger partial charge in [-0.3, -0.25) is 13.8 Å². The first-order valence-electron chi connectivity index (χ1n) is 16.6. The number of aliphatic hydroxyl groups is 1. The van der Waals surface area contributed by atoms with Crippen molar-refractivity contribution in [3.8, 4) is 0 Å². The zero-order chi connectivity index (χ0) is 30.8. The molecule has 0 bridgehead atoms. The van der Waals surface area contributed by atoms with Crippen LogP contribution in [0.1, 0.15) is 136 Å². The van der Waals surface area contributed by atoms with Crippen LogP contribution in [0.3, 0.4) is 0 Å². The van der Waals surface area contributed by atoms with Gasteiger partial charge in [-0.15, -0.1) is 0 Å². The summed E-state index contributed by atoms with van der Waals surface area (Å²) in [5, 5.41) is 13.5. The molecular formula is C32H66N2O6P+. The molecule has 0 fully saturated rings. The zero-order valence-electron chi connectivity index (χ0n) is 27.3. The van der Waals surface area contributed by atoms with Gasteiger partial charge in [-0.1, -0.05) is 122 Å². The highest BCUT2D eigenvalue weighted by molar-refractivity contribution is 7.47. The summed E-state index contributed by atoms with van der Waals surface area (Å²) in [6, 6.07) is -0.834. The van der Waals surface area contributed by atoms with Gasteiger partial charge in [0.05, 0.1) is 39.9 Å². The molecule has 0 aromatic heterocycles. The molecule has 0 aromatic rings. The molecule has 0 heterocycles. The van der Waals surface area contributed by atoms with Gasteiger partial charge in [0.15, 0.2) is 0 Å². The highest BCUT2D eigenvalue weighted by Gasteiger charge is 2.27. The number of rotatable bonds is 29. The normalized spacial score (nSPS) is 15.2. The fraction of sp³-hybridized carbons (Fsp3) is 0.906. The molecule has 0 rings (SSSR count). The summed E-state index contributed by atoms with van der Waals surface area (Å²) in [6.07, 6.45) is 24.5. The smallest absolute Gasteiger partial charge is 0.387 e. The molecule has 0 spiro atoms. The number of carbonyl (C=O) groups excluding carboxylic acids is 1. The van der Waals surface area contributed by atoms with Crippen molar-refractivity contribution in [3.63, 3.8) is 0 Å². The number of unbranched alkanes of at least 4 members (excludes halogenated alkanes) is 16. The topological polar surface area (TPSA) is 105 Å². The Labute approximate surface area is 252 Å². The third kappa shape index (κ3) is 27.8. The van der Waals surface area contributed by atoms with Crippen molar-refractivity contribution in [1.82, 2.24) is 5.32 Å². The van der Waals surface area contributed by atoms with Crippen molar-refractivity contribution >= 4 is 13.7 Å². The number of phosphoric acid groups is 1. The second-order valence-corrected chi connectivity index (χ2v) is 14.0. The van der Waals surface area contributed by atoms with Crippen molar-refractivity contribution in [3.05, 3.63) is 12.2 Å². The minimum atomic E-state index is -4.31. The van der Waals surface area contributed by atoms with E-state index in [9.17, 15) is 19.4 Å². The predicted octanol–water partition coefficient (Wildman–Crippen LogP) is 7.68. The Morgan fingerprint density at radius 2 is 1.29 bits per heavy atom. The molecule has 0 saturated heterocycles. The molecule has 1 amide bonds. The highest BCUT2D eigenvalue weighted by Crippen LogP contribution is 2.43. The molecule has 3 unspecified atom stereocenters. The van der Waals surface area contributed by atoms with Crippen LogP contribution in [0, 0.1) is 0 Å². The van der Waals surface area contributed by atoms with E-state index in [2.05, 4.69) is 19.2 Å². The SMILES string of the molecule is CCCCC/C=C/C(O)C(COP(=O)(O)OCC[N+](C)(C)C)NC(=O)CCCCCCCCCCCCCCCC. The maximum Gasteiger partial charge on any atom is 0.472 e. The van der Waals surface area contributed by atoms with Gasteiger partial charge in [0, 0.05) is 6.42 Å². The molecular weight excluding hydrogens is 539 g/mol. The van der Waals surface area contributed by atoms with E-state index >= 15 is 0 Å². The van der Waals surface area contributed by atoms with Gasteiger partial charge < -0.3 is 19.8 Å². The van der Waals surface area contributed by atoms with Crippen LogP contribution in [-0.4, -0.2) is 73.4 Å². The van der Waals surface area contributed by atoms with Crippen LogP contribution >= 0.6 is 7.82 Å². The van der Waals surface area contributed by atoms with E-state index in [1.54, 1.807) is 6.08 Å². The van der Waals surface area contributed by atoms with Gasteiger partial charge in [0.2, 0.25) is 5.91 Å². The number of likely N-dealkylation sites (N-methyl/N-ethyl adjacent to an activating group) is 1. The Morgan fingerprint density at radius 1 is 0.805 bits per heavy atom. The molecule has 3 N–H and O–H groups in total. The minimum absolute atomic E-state index is 0.0628. The van der Waals surface area contributed by atoms with Gasteiger partial charge in [-0.25, -0.2) is 4.57 Å². The molecule has 0 radical (unpaired) electrons. The number of nitrogens with zero attached hydrogens (tertiary/aromatic N) is 1. The Balaban J connectivity index is 4.38. The Kier molecular flexibility index (Phi) is 25.2. The number of carbonyl (C=O) groups is 1. The number of aliphatic hydroxyl groups excluding tert-OH is 1. The quantitative estimate of drug-likeness (QED) is 0.0350. The molecule has 0 aliphatic heterocycles. The summed E-state index contributed by atoms with van der Waals surface area (Å²) < 4.78 is 23.2. The standard InChI is InChI=1S/C32H65N2O6P/c1-6-8-10-12-13-14-15-16-17-18-19-20-22-24-26-32(36)33-30(31(35)25-23-21-11-9-7-2)29-40-41(37,38)39-28-27-34(3,4)5/h23,25,30-31,35H,6-22,24,26-29H2,1-5H3,(H-,33,36,37,38)/p+1/b25-23+. The third-order valence-electron chi connectivity index (χ3n) is 7.26. The fourth-order valence-electron chi connectivity index (χ4n) is 4.51. The van der Waals surface area contributed by atoms with Gasteiger partial charge in [0.1, 0.15) is 13.2 Å². The van der Waals surface area contributed by atoms with E-state index in [1.807, 2.05) is 27.2 Å². The van der Waals surface area contributed by atoms with Gasteiger partial charge >= 0.3 is 7.82 Å². The number of hydrogen-bond acceptors (Lipinski definition) is 5. The maximum atomic E-state index is 12.6. The highest BCUT2D eigenvalue weighted by atomic mass is 31.2.